The average molecular weight is 350 g/mol. The number of amides is 1. The second kappa shape index (κ2) is 7.40. The number of phenols is 1. The van der Waals surface area contributed by atoms with E-state index in [2.05, 4.69) is 4.99 Å². The van der Waals surface area contributed by atoms with Gasteiger partial charge in [-0.15, -0.1) is 0 Å². The Morgan fingerprint density at radius 2 is 1.80 bits per heavy atom. The summed E-state index contributed by atoms with van der Waals surface area (Å²) >= 11 is 1.35. The van der Waals surface area contributed by atoms with Crippen LogP contribution in [-0.2, 0) is 4.79 Å². The highest BCUT2D eigenvalue weighted by Crippen LogP contribution is 2.31. The van der Waals surface area contributed by atoms with Gasteiger partial charge in [-0.25, -0.2) is 0 Å². The molecule has 0 aliphatic carbocycles. The number of carbonyl (C=O) groups is 1. The summed E-state index contributed by atoms with van der Waals surface area (Å²) in [5, 5.41) is 10.0. The molecule has 0 unspecified atom stereocenters. The first-order valence-electron chi connectivity index (χ1n) is 7.81. The van der Waals surface area contributed by atoms with Gasteiger partial charge in [0.25, 0.3) is 5.91 Å². The number of amidine groups is 1. The summed E-state index contributed by atoms with van der Waals surface area (Å²) in [6.45, 7) is 1.97. The summed E-state index contributed by atoms with van der Waals surface area (Å²) in [5.41, 5.74) is 2.94. The lowest BCUT2D eigenvalue weighted by Gasteiger charge is -2.17. The predicted molar refractivity (Wildman–Crippen MR) is 105 cm³/mol. The molecule has 1 heterocycles. The van der Waals surface area contributed by atoms with E-state index < -0.39 is 0 Å². The van der Waals surface area contributed by atoms with Crippen molar-refractivity contribution >= 4 is 34.6 Å². The molecule has 2 aromatic rings. The molecule has 0 aromatic heterocycles. The molecule has 4 nitrogen and oxygen atoms in total. The Kier molecular flexibility index (Phi) is 5.05. The van der Waals surface area contributed by atoms with Gasteiger partial charge in [0.15, 0.2) is 5.17 Å². The third-order valence-corrected chi connectivity index (χ3v) is 4.75. The Labute approximate surface area is 151 Å². The van der Waals surface area contributed by atoms with Crippen LogP contribution in [0.3, 0.4) is 0 Å². The lowest BCUT2D eigenvalue weighted by atomic mass is 10.1. The number of thioether (sulfide) groups is 1. The Bertz CT molecular complexity index is 868. The summed E-state index contributed by atoms with van der Waals surface area (Å²) in [6.07, 6.45) is 3.89. The van der Waals surface area contributed by atoms with Crippen molar-refractivity contribution in [2.75, 3.05) is 11.9 Å². The van der Waals surface area contributed by atoms with Crippen LogP contribution in [0, 0.1) is 0 Å². The second-order valence-corrected chi connectivity index (χ2v) is 6.69. The van der Waals surface area contributed by atoms with E-state index in [0.717, 1.165) is 16.8 Å². The fraction of sp³-hybridized carbons (Fsp3) is 0.100. The van der Waals surface area contributed by atoms with Crippen molar-refractivity contribution in [2.24, 2.45) is 4.99 Å². The van der Waals surface area contributed by atoms with Gasteiger partial charge in [-0.2, -0.15) is 4.99 Å². The van der Waals surface area contributed by atoms with Crippen LogP contribution in [-0.4, -0.2) is 23.2 Å². The van der Waals surface area contributed by atoms with Gasteiger partial charge in [-0.1, -0.05) is 36.4 Å². The molecule has 0 saturated carbocycles. The van der Waals surface area contributed by atoms with E-state index in [0.29, 0.717) is 10.1 Å². The van der Waals surface area contributed by atoms with Crippen LogP contribution in [0.5, 0.6) is 5.75 Å². The van der Waals surface area contributed by atoms with Crippen molar-refractivity contribution in [1.82, 2.24) is 0 Å². The molecule has 0 saturated heterocycles. The van der Waals surface area contributed by atoms with Crippen LogP contribution in [0.25, 0.3) is 6.08 Å². The number of carbonyl (C=O) groups excluding carboxylic acids is 1. The van der Waals surface area contributed by atoms with Crippen molar-refractivity contribution in [3.63, 3.8) is 0 Å². The fourth-order valence-corrected chi connectivity index (χ4v) is 3.33. The number of allylic oxidation sites excluding steroid dienone is 2. The van der Waals surface area contributed by atoms with Crippen LogP contribution in [0.1, 0.15) is 12.5 Å². The first-order chi connectivity index (χ1) is 12.0. The van der Waals surface area contributed by atoms with E-state index in [1.807, 2.05) is 61.4 Å². The highest BCUT2D eigenvalue weighted by Gasteiger charge is 2.25. The molecule has 0 radical (unpaired) electrons. The van der Waals surface area contributed by atoms with Gasteiger partial charge in [-0.3, -0.25) is 4.79 Å². The maximum Gasteiger partial charge on any atom is 0.286 e. The molecule has 2 aromatic carbocycles. The Morgan fingerprint density at radius 3 is 2.48 bits per heavy atom. The number of benzene rings is 2. The van der Waals surface area contributed by atoms with Crippen molar-refractivity contribution < 1.29 is 9.90 Å². The van der Waals surface area contributed by atoms with Crippen LogP contribution in [0.4, 0.5) is 5.69 Å². The standard InChI is InChI=1S/C20H18N2O2S/c1-14(12-15-6-4-3-5-7-15)13-18-19(24)21-20(25-18)22(2)16-8-10-17(23)11-9-16/h3-13,23H,1-2H3/b14-12+,18-13+. The molecule has 0 bridgehead atoms. The second-order valence-electron chi connectivity index (χ2n) is 5.68. The molecule has 1 aliphatic heterocycles. The van der Waals surface area contributed by atoms with Gasteiger partial charge in [0, 0.05) is 12.7 Å². The van der Waals surface area contributed by atoms with Crippen LogP contribution in [0.15, 0.2) is 76.1 Å². The zero-order valence-corrected chi connectivity index (χ0v) is 14.8. The van der Waals surface area contributed by atoms with Gasteiger partial charge in [0.2, 0.25) is 0 Å². The van der Waals surface area contributed by atoms with Crippen LogP contribution < -0.4 is 4.90 Å². The van der Waals surface area contributed by atoms with Gasteiger partial charge in [0.1, 0.15) is 5.75 Å². The number of aliphatic imine (C=N–C) groups is 1. The zero-order valence-electron chi connectivity index (χ0n) is 14.0. The number of rotatable bonds is 3. The maximum atomic E-state index is 12.2. The third-order valence-electron chi connectivity index (χ3n) is 3.69. The largest absolute Gasteiger partial charge is 0.508 e. The van der Waals surface area contributed by atoms with Crippen LogP contribution in [0.2, 0.25) is 0 Å². The van der Waals surface area contributed by atoms with Crippen molar-refractivity contribution in [2.45, 2.75) is 6.92 Å². The quantitative estimate of drug-likeness (QED) is 0.831. The van der Waals surface area contributed by atoms with Gasteiger partial charge < -0.3 is 10.0 Å². The molecule has 0 fully saturated rings. The SMILES string of the molecule is CC(=C\c1ccccc1)/C=C1/SC(N(C)c2ccc(O)cc2)=NC1=O. The molecule has 5 heteroatoms. The Balaban J connectivity index is 1.76. The number of nitrogens with zero attached hydrogens (tertiary/aromatic N) is 2. The summed E-state index contributed by atoms with van der Waals surface area (Å²) in [6, 6.07) is 16.8. The van der Waals surface area contributed by atoms with Gasteiger partial charge in [0.05, 0.1) is 4.91 Å². The lowest BCUT2D eigenvalue weighted by Crippen LogP contribution is -2.21. The summed E-state index contributed by atoms with van der Waals surface area (Å²) in [5.74, 6) is -0.0251. The van der Waals surface area contributed by atoms with E-state index in [1.165, 1.54) is 11.8 Å². The van der Waals surface area contributed by atoms with E-state index in [-0.39, 0.29) is 11.7 Å². The predicted octanol–water partition coefficient (Wildman–Crippen LogP) is 4.45. The third kappa shape index (κ3) is 4.19. The maximum absolute atomic E-state index is 12.2. The van der Waals surface area contributed by atoms with Crippen molar-refractivity contribution in [1.29, 1.82) is 0 Å². The number of hydrogen-bond acceptors (Lipinski definition) is 4. The fourth-order valence-electron chi connectivity index (χ4n) is 2.39. The highest BCUT2D eigenvalue weighted by atomic mass is 32.2. The molecule has 126 valence electrons. The van der Waals surface area contributed by atoms with E-state index >= 15 is 0 Å². The normalized spacial score (nSPS) is 16.2. The minimum atomic E-state index is -0.230. The zero-order chi connectivity index (χ0) is 17.8. The van der Waals surface area contributed by atoms with E-state index in [1.54, 1.807) is 24.3 Å². The Morgan fingerprint density at radius 1 is 1.12 bits per heavy atom. The first kappa shape index (κ1) is 17.0. The molecular weight excluding hydrogens is 332 g/mol. The summed E-state index contributed by atoms with van der Waals surface area (Å²) in [7, 11) is 1.85. The molecule has 0 atom stereocenters. The number of anilines is 1. The number of phenolic OH excluding ortho intramolecular Hbond substituents is 1. The van der Waals surface area contributed by atoms with Crippen molar-refractivity contribution in [3.05, 3.63) is 76.7 Å². The first-order valence-corrected chi connectivity index (χ1v) is 8.63. The molecule has 3 rings (SSSR count). The minimum absolute atomic E-state index is 0.205. The van der Waals surface area contributed by atoms with Crippen molar-refractivity contribution in [3.8, 4) is 5.75 Å². The molecule has 1 N–H and O–H groups in total. The molecule has 25 heavy (non-hydrogen) atoms. The van der Waals surface area contributed by atoms with Gasteiger partial charge in [-0.05, 0) is 60.2 Å². The van der Waals surface area contributed by atoms with Crippen LogP contribution >= 0.6 is 11.8 Å². The average Bonchev–Trinajstić information content (AvgIpc) is 2.96. The Hall–Kier alpha value is -2.79. The highest BCUT2D eigenvalue weighted by molar-refractivity contribution is 8.18. The molecule has 1 amide bonds. The smallest absolute Gasteiger partial charge is 0.286 e. The summed E-state index contributed by atoms with van der Waals surface area (Å²) < 4.78 is 0. The van der Waals surface area contributed by atoms with E-state index in [9.17, 15) is 9.90 Å². The van der Waals surface area contributed by atoms with Gasteiger partial charge >= 0.3 is 0 Å². The van der Waals surface area contributed by atoms with E-state index in [4.69, 9.17) is 0 Å². The summed E-state index contributed by atoms with van der Waals surface area (Å²) in [4.78, 5) is 18.8. The monoisotopic (exact) mass is 350 g/mol. The topological polar surface area (TPSA) is 52.9 Å². The molecular formula is C20H18N2O2S. The number of aromatic hydroxyl groups is 1. The lowest BCUT2D eigenvalue weighted by molar-refractivity contribution is -0.113. The minimum Gasteiger partial charge on any atom is -0.508 e. The number of hydrogen-bond donors (Lipinski definition) is 1. The molecule has 1 aliphatic rings. The molecule has 0 spiro atoms.